The molecule has 8 heteroatoms. The molecule has 0 aliphatic carbocycles. The Bertz CT molecular complexity index is 1090. The minimum absolute atomic E-state index is 0.0379. The highest BCUT2D eigenvalue weighted by molar-refractivity contribution is 6.30. The van der Waals surface area contributed by atoms with Gasteiger partial charge in [0.05, 0.1) is 18.2 Å². The molecule has 1 atom stereocenters. The molecule has 0 aromatic heterocycles. The van der Waals surface area contributed by atoms with Crippen LogP contribution in [0.1, 0.15) is 30.9 Å². The molecule has 2 fully saturated rings. The Balaban J connectivity index is 1.71. The molecule has 32 heavy (non-hydrogen) atoms. The number of halogens is 1. The smallest absolute Gasteiger partial charge is 0.255 e. The number of carbonyl (C=O) groups excluding carboxylic acids is 3. The molecule has 2 aromatic carbocycles. The number of carbonyl (C=O) groups is 3. The average Bonchev–Trinajstić information content (AvgIpc) is 3.26. The Labute approximate surface area is 191 Å². The molecule has 1 spiro atoms. The number of benzene rings is 2. The van der Waals surface area contributed by atoms with Gasteiger partial charge in [0.1, 0.15) is 12.1 Å². The van der Waals surface area contributed by atoms with E-state index in [0.717, 1.165) is 5.56 Å². The van der Waals surface area contributed by atoms with Crippen molar-refractivity contribution >= 4 is 35.0 Å². The Hall–Kier alpha value is -3.37. The average molecular weight is 451 g/mol. The summed E-state index contributed by atoms with van der Waals surface area (Å²) >= 11 is 6.00. The van der Waals surface area contributed by atoms with Gasteiger partial charge in [-0.05, 0) is 48.4 Å². The van der Waals surface area contributed by atoms with Crippen molar-refractivity contribution in [2.24, 2.45) is 0 Å². The van der Waals surface area contributed by atoms with Crippen LogP contribution in [0.2, 0.25) is 5.02 Å². The van der Waals surface area contributed by atoms with Crippen LogP contribution in [-0.2, 0) is 20.9 Å². The van der Waals surface area contributed by atoms with Gasteiger partial charge in [0.15, 0.2) is 0 Å². The Kier molecular flexibility index (Phi) is 5.90. The van der Waals surface area contributed by atoms with Crippen LogP contribution in [0.25, 0.3) is 0 Å². The molecule has 2 aliphatic rings. The normalized spacial score (nSPS) is 20.7. The van der Waals surface area contributed by atoms with Crippen LogP contribution in [0.3, 0.4) is 0 Å². The Morgan fingerprint density at radius 3 is 2.44 bits per heavy atom. The van der Waals surface area contributed by atoms with E-state index in [9.17, 15) is 14.4 Å². The molecule has 0 saturated carbocycles. The van der Waals surface area contributed by atoms with Gasteiger partial charge in [-0.15, -0.1) is 0 Å². The van der Waals surface area contributed by atoms with Crippen LogP contribution in [0, 0.1) is 11.3 Å². The van der Waals surface area contributed by atoms with E-state index < -0.39 is 5.54 Å². The van der Waals surface area contributed by atoms with Crippen molar-refractivity contribution in [3.8, 4) is 6.07 Å². The Morgan fingerprint density at radius 2 is 1.81 bits per heavy atom. The number of amides is 3. The lowest BCUT2D eigenvalue weighted by Crippen LogP contribution is -2.69. The summed E-state index contributed by atoms with van der Waals surface area (Å²) in [6.45, 7) is 2.54. The van der Waals surface area contributed by atoms with Crippen molar-refractivity contribution in [3.63, 3.8) is 0 Å². The second kappa shape index (κ2) is 8.64. The van der Waals surface area contributed by atoms with Crippen molar-refractivity contribution in [2.75, 3.05) is 24.5 Å². The minimum Gasteiger partial charge on any atom is -0.340 e. The topological polar surface area (TPSA) is 84.7 Å². The molecule has 1 unspecified atom stereocenters. The number of hydrogen-bond acceptors (Lipinski definition) is 4. The van der Waals surface area contributed by atoms with E-state index in [-0.39, 0.29) is 37.4 Å². The first kappa shape index (κ1) is 21.8. The van der Waals surface area contributed by atoms with Gasteiger partial charge in [0, 0.05) is 30.2 Å². The van der Waals surface area contributed by atoms with Gasteiger partial charge in [-0.3, -0.25) is 14.4 Å². The minimum atomic E-state index is -1.13. The monoisotopic (exact) mass is 450 g/mol. The van der Waals surface area contributed by atoms with Crippen LogP contribution in [0.5, 0.6) is 0 Å². The highest BCUT2D eigenvalue weighted by atomic mass is 35.5. The molecule has 3 amide bonds. The molecule has 2 heterocycles. The number of hydrogen-bond donors (Lipinski definition) is 0. The van der Waals surface area contributed by atoms with Crippen LogP contribution >= 0.6 is 11.6 Å². The largest absolute Gasteiger partial charge is 0.340 e. The number of nitriles is 1. The standard InChI is InChI=1S/C24H23ClN4O3/c1-2-21(30)27-12-11-24(16-27)23(32)28(20-9-5-17(13-26)6-10-20)15-22(31)29(24)14-18-3-7-19(25)8-4-18/h3-10H,2,11-12,14-16H2,1H3. The third kappa shape index (κ3) is 3.82. The predicted octanol–water partition coefficient (Wildman–Crippen LogP) is 2.97. The van der Waals surface area contributed by atoms with Crippen molar-refractivity contribution < 1.29 is 14.4 Å². The first-order valence-electron chi connectivity index (χ1n) is 10.5. The van der Waals surface area contributed by atoms with Crippen LogP contribution in [0.15, 0.2) is 48.5 Å². The molecule has 2 saturated heterocycles. The second-order valence-electron chi connectivity index (χ2n) is 8.11. The van der Waals surface area contributed by atoms with Gasteiger partial charge in [-0.1, -0.05) is 30.7 Å². The summed E-state index contributed by atoms with van der Waals surface area (Å²) in [4.78, 5) is 44.4. The fourth-order valence-electron chi connectivity index (χ4n) is 4.46. The van der Waals surface area contributed by atoms with E-state index in [4.69, 9.17) is 16.9 Å². The summed E-state index contributed by atoms with van der Waals surface area (Å²) in [6.07, 6.45) is 0.721. The fraction of sp³-hybridized carbons (Fsp3) is 0.333. The number of anilines is 1. The number of nitrogens with zero attached hydrogens (tertiary/aromatic N) is 4. The summed E-state index contributed by atoms with van der Waals surface area (Å²) in [5.74, 6) is -0.430. The number of rotatable bonds is 4. The van der Waals surface area contributed by atoms with Crippen LogP contribution in [-0.4, -0.2) is 52.7 Å². The molecular weight excluding hydrogens is 428 g/mol. The molecule has 0 radical (unpaired) electrons. The van der Waals surface area contributed by atoms with Gasteiger partial charge in [0.2, 0.25) is 11.8 Å². The van der Waals surface area contributed by atoms with E-state index in [1.807, 2.05) is 12.1 Å². The van der Waals surface area contributed by atoms with Gasteiger partial charge in [0.25, 0.3) is 5.91 Å². The quantitative estimate of drug-likeness (QED) is 0.716. The lowest BCUT2D eigenvalue weighted by Gasteiger charge is -2.47. The number of piperazine rings is 1. The van der Waals surface area contributed by atoms with Crippen LogP contribution in [0.4, 0.5) is 5.69 Å². The van der Waals surface area contributed by atoms with E-state index in [1.54, 1.807) is 53.1 Å². The van der Waals surface area contributed by atoms with E-state index >= 15 is 0 Å². The molecule has 4 rings (SSSR count). The van der Waals surface area contributed by atoms with E-state index in [1.165, 1.54) is 4.90 Å². The molecule has 2 aliphatic heterocycles. The predicted molar refractivity (Wildman–Crippen MR) is 120 cm³/mol. The molecule has 164 valence electrons. The molecule has 2 aromatic rings. The SMILES string of the molecule is CCC(=O)N1CCC2(C1)C(=O)N(c1ccc(C#N)cc1)CC(=O)N2Cc1ccc(Cl)cc1. The van der Waals surface area contributed by atoms with Gasteiger partial charge in [-0.2, -0.15) is 5.26 Å². The third-order valence-corrected chi connectivity index (χ3v) is 6.47. The van der Waals surface area contributed by atoms with E-state index in [0.29, 0.717) is 35.7 Å². The summed E-state index contributed by atoms with van der Waals surface area (Å²) in [5.41, 5.74) is 0.771. The van der Waals surface area contributed by atoms with Gasteiger partial charge >= 0.3 is 0 Å². The maximum atomic E-state index is 13.9. The summed E-state index contributed by atoms with van der Waals surface area (Å²) in [7, 11) is 0. The summed E-state index contributed by atoms with van der Waals surface area (Å²) in [5, 5.41) is 9.65. The molecular formula is C24H23ClN4O3. The highest BCUT2D eigenvalue weighted by Crippen LogP contribution is 2.37. The van der Waals surface area contributed by atoms with Gasteiger partial charge in [-0.25, -0.2) is 0 Å². The summed E-state index contributed by atoms with van der Waals surface area (Å²) < 4.78 is 0. The van der Waals surface area contributed by atoms with Gasteiger partial charge < -0.3 is 14.7 Å². The first-order chi connectivity index (χ1) is 15.4. The zero-order valence-corrected chi connectivity index (χ0v) is 18.5. The van der Waals surface area contributed by atoms with Crippen molar-refractivity contribution in [1.29, 1.82) is 5.26 Å². The lowest BCUT2D eigenvalue weighted by molar-refractivity contribution is -0.151. The summed E-state index contributed by atoms with van der Waals surface area (Å²) in [6, 6.07) is 15.8. The maximum Gasteiger partial charge on any atom is 0.255 e. The second-order valence-corrected chi connectivity index (χ2v) is 8.54. The zero-order valence-electron chi connectivity index (χ0n) is 17.8. The first-order valence-corrected chi connectivity index (χ1v) is 10.9. The zero-order chi connectivity index (χ0) is 22.9. The lowest BCUT2D eigenvalue weighted by atomic mass is 9.90. The molecule has 7 nitrogen and oxygen atoms in total. The van der Waals surface area contributed by atoms with Crippen molar-refractivity contribution in [3.05, 3.63) is 64.7 Å². The van der Waals surface area contributed by atoms with Crippen molar-refractivity contribution in [1.82, 2.24) is 9.80 Å². The molecule has 0 bridgehead atoms. The van der Waals surface area contributed by atoms with Crippen LogP contribution < -0.4 is 4.90 Å². The Morgan fingerprint density at radius 1 is 1.12 bits per heavy atom. The molecule has 0 N–H and O–H groups in total. The maximum absolute atomic E-state index is 13.9. The fourth-order valence-corrected chi connectivity index (χ4v) is 4.59. The highest BCUT2D eigenvalue weighted by Gasteiger charge is 2.56. The van der Waals surface area contributed by atoms with Crippen molar-refractivity contribution in [2.45, 2.75) is 31.8 Å². The number of likely N-dealkylation sites (tertiary alicyclic amines) is 1. The third-order valence-electron chi connectivity index (χ3n) is 6.22. The van der Waals surface area contributed by atoms with E-state index in [2.05, 4.69) is 6.07 Å².